The molecule has 0 unspecified atom stereocenters. The number of hydrogen-bond donors (Lipinski definition) is 0. The van der Waals surface area contributed by atoms with Crippen LogP contribution in [0.25, 0.3) is 89.1 Å². The quantitative estimate of drug-likeness (QED) is 0.166. The van der Waals surface area contributed by atoms with E-state index in [4.69, 9.17) is 15.0 Å². The average molecular weight is 724 g/mol. The van der Waals surface area contributed by atoms with Gasteiger partial charge >= 0.3 is 0 Å². The molecule has 0 amide bonds. The Bertz CT molecular complexity index is 3160. The molecule has 10 aromatic rings. The number of rotatable bonds is 5. The minimum atomic E-state index is -0.392. The first-order chi connectivity index (χ1) is 28.3. The Morgan fingerprint density at radius 1 is 0.263 bits per heavy atom. The van der Waals surface area contributed by atoms with E-state index in [1.54, 1.807) is 0 Å². The van der Waals surface area contributed by atoms with Crippen molar-refractivity contribution < 1.29 is 0 Å². The van der Waals surface area contributed by atoms with Gasteiger partial charge in [-0.05, 0) is 83.2 Å². The van der Waals surface area contributed by atoms with E-state index >= 15 is 0 Å². The van der Waals surface area contributed by atoms with Gasteiger partial charge in [0.1, 0.15) is 0 Å². The first-order valence-electron chi connectivity index (χ1n) is 19.5. The SMILES string of the molecule is c1ccc(-c2ccc(-c3nc(-c4ccccc4)nc(-c4ccccc4-c4ccc5c(c4)-c4ccccc4C54c5cccc6ccc7cccc4c7c56)n3)cc2)cc1. The first kappa shape index (κ1) is 31.8. The molecular formula is C54H33N3. The maximum Gasteiger partial charge on any atom is 0.164 e. The van der Waals surface area contributed by atoms with Crippen molar-refractivity contribution in [1.29, 1.82) is 0 Å². The minimum Gasteiger partial charge on any atom is -0.208 e. The molecule has 9 aromatic carbocycles. The summed E-state index contributed by atoms with van der Waals surface area (Å²) in [6.07, 6.45) is 0. The van der Waals surface area contributed by atoms with Crippen molar-refractivity contribution in [2.45, 2.75) is 5.41 Å². The van der Waals surface area contributed by atoms with Crippen molar-refractivity contribution in [3.63, 3.8) is 0 Å². The van der Waals surface area contributed by atoms with Gasteiger partial charge in [0.15, 0.2) is 17.5 Å². The van der Waals surface area contributed by atoms with E-state index in [1.807, 2.05) is 24.3 Å². The molecule has 57 heavy (non-hydrogen) atoms. The van der Waals surface area contributed by atoms with E-state index in [1.165, 1.54) is 60.5 Å². The third-order valence-corrected chi connectivity index (χ3v) is 12.1. The van der Waals surface area contributed by atoms with Crippen molar-refractivity contribution in [2.75, 3.05) is 0 Å². The Balaban J connectivity index is 1.03. The molecule has 12 rings (SSSR count). The van der Waals surface area contributed by atoms with Gasteiger partial charge in [-0.2, -0.15) is 0 Å². The summed E-state index contributed by atoms with van der Waals surface area (Å²) in [6.45, 7) is 0. The standard InChI is InChI=1S/C54H33N3/c1-3-13-34(14-4-1)35-25-29-39(30-26-35)52-55-51(38-15-5-2-6-16-38)56-53(57-52)43-21-8-7-19-41(43)40-31-32-46-44(33-40)42-20-9-10-22-45(42)54(46)47-23-11-17-36-27-28-37-18-12-24-48(54)50(37)49(36)47/h1-33H. The molecule has 1 aromatic heterocycles. The largest absolute Gasteiger partial charge is 0.208 e. The second-order valence-electron chi connectivity index (χ2n) is 15.1. The summed E-state index contributed by atoms with van der Waals surface area (Å²) in [4.78, 5) is 15.4. The van der Waals surface area contributed by atoms with Crippen molar-refractivity contribution >= 4 is 21.5 Å². The third-order valence-electron chi connectivity index (χ3n) is 12.1. The van der Waals surface area contributed by atoms with Gasteiger partial charge < -0.3 is 0 Å². The van der Waals surface area contributed by atoms with Gasteiger partial charge in [-0.1, -0.05) is 194 Å². The van der Waals surface area contributed by atoms with E-state index in [0.29, 0.717) is 17.5 Å². The van der Waals surface area contributed by atoms with E-state index in [-0.39, 0.29) is 0 Å². The number of nitrogens with zero attached hydrogens (tertiary/aromatic N) is 3. The Morgan fingerprint density at radius 2 is 0.719 bits per heavy atom. The lowest BCUT2D eigenvalue weighted by atomic mass is 9.70. The highest BCUT2D eigenvalue weighted by atomic mass is 15.0. The van der Waals surface area contributed by atoms with Crippen LogP contribution in [0.1, 0.15) is 22.3 Å². The van der Waals surface area contributed by atoms with Gasteiger partial charge in [0.05, 0.1) is 5.41 Å². The molecule has 1 spiro atoms. The van der Waals surface area contributed by atoms with Crippen LogP contribution >= 0.6 is 0 Å². The number of hydrogen-bond acceptors (Lipinski definition) is 3. The molecule has 1 heterocycles. The number of aromatic nitrogens is 3. The van der Waals surface area contributed by atoms with E-state index < -0.39 is 5.41 Å². The zero-order valence-corrected chi connectivity index (χ0v) is 30.9. The van der Waals surface area contributed by atoms with Gasteiger partial charge in [-0.15, -0.1) is 0 Å². The van der Waals surface area contributed by atoms with Crippen LogP contribution in [-0.2, 0) is 5.41 Å². The summed E-state index contributed by atoms with van der Waals surface area (Å²) in [5.74, 6) is 1.93. The van der Waals surface area contributed by atoms with Crippen molar-refractivity contribution in [3.05, 3.63) is 222 Å². The lowest BCUT2D eigenvalue weighted by molar-refractivity contribution is 0.797. The molecule has 0 saturated carbocycles. The predicted octanol–water partition coefficient (Wildman–Crippen LogP) is 13.2. The molecule has 0 aliphatic heterocycles. The van der Waals surface area contributed by atoms with Crippen molar-refractivity contribution in [3.8, 4) is 67.5 Å². The topological polar surface area (TPSA) is 38.7 Å². The monoisotopic (exact) mass is 723 g/mol. The highest BCUT2D eigenvalue weighted by molar-refractivity contribution is 6.17. The van der Waals surface area contributed by atoms with Gasteiger partial charge in [-0.25, -0.2) is 15.0 Å². The Labute approximate surface area is 330 Å². The Kier molecular flexibility index (Phi) is 6.84. The molecule has 3 heteroatoms. The predicted molar refractivity (Wildman–Crippen MR) is 233 cm³/mol. The zero-order valence-electron chi connectivity index (χ0n) is 30.9. The second-order valence-corrected chi connectivity index (χ2v) is 15.1. The lowest BCUT2D eigenvalue weighted by Crippen LogP contribution is -2.26. The highest BCUT2D eigenvalue weighted by Gasteiger charge is 2.50. The van der Waals surface area contributed by atoms with E-state index in [9.17, 15) is 0 Å². The molecule has 0 saturated heterocycles. The summed E-state index contributed by atoms with van der Waals surface area (Å²) in [7, 11) is 0. The minimum absolute atomic E-state index is 0.392. The molecule has 2 aliphatic rings. The van der Waals surface area contributed by atoms with Gasteiger partial charge in [0, 0.05) is 16.7 Å². The summed E-state index contributed by atoms with van der Waals surface area (Å²) in [5, 5.41) is 5.33. The van der Waals surface area contributed by atoms with Gasteiger partial charge in [0.2, 0.25) is 0 Å². The van der Waals surface area contributed by atoms with Crippen LogP contribution in [0.5, 0.6) is 0 Å². The highest BCUT2D eigenvalue weighted by Crippen LogP contribution is 2.62. The molecule has 0 bridgehead atoms. The first-order valence-corrected chi connectivity index (χ1v) is 19.5. The van der Waals surface area contributed by atoms with Crippen molar-refractivity contribution in [2.24, 2.45) is 0 Å². The fraction of sp³-hybridized carbons (Fsp3) is 0.0185. The summed E-state index contributed by atoms with van der Waals surface area (Å²) in [5.41, 5.74) is 14.9. The third kappa shape index (κ3) is 4.63. The fourth-order valence-electron chi connectivity index (χ4n) is 9.67. The number of benzene rings is 9. The number of fused-ring (bicyclic) bond motifs is 7. The van der Waals surface area contributed by atoms with Gasteiger partial charge in [0.25, 0.3) is 0 Å². The molecule has 264 valence electrons. The molecule has 2 aliphatic carbocycles. The van der Waals surface area contributed by atoms with Crippen molar-refractivity contribution in [1.82, 2.24) is 15.0 Å². The van der Waals surface area contributed by atoms with Crippen LogP contribution in [0.3, 0.4) is 0 Å². The van der Waals surface area contributed by atoms with Crippen LogP contribution in [0.15, 0.2) is 200 Å². The summed E-state index contributed by atoms with van der Waals surface area (Å²) < 4.78 is 0. The Hall–Kier alpha value is -7.49. The molecular weight excluding hydrogens is 691 g/mol. The molecule has 0 fully saturated rings. The maximum absolute atomic E-state index is 5.20. The molecule has 0 radical (unpaired) electrons. The van der Waals surface area contributed by atoms with E-state index in [2.05, 4.69) is 176 Å². The summed E-state index contributed by atoms with van der Waals surface area (Å²) >= 11 is 0. The zero-order chi connectivity index (χ0) is 37.5. The van der Waals surface area contributed by atoms with Crippen LogP contribution in [0.2, 0.25) is 0 Å². The van der Waals surface area contributed by atoms with E-state index in [0.717, 1.165) is 33.4 Å². The summed E-state index contributed by atoms with van der Waals surface area (Å²) in [6, 6.07) is 72.0. The molecule has 3 nitrogen and oxygen atoms in total. The van der Waals surface area contributed by atoms with Crippen LogP contribution in [0, 0.1) is 0 Å². The smallest absolute Gasteiger partial charge is 0.164 e. The normalized spacial score (nSPS) is 13.1. The lowest BCUT2D eigenvalue weighted by Gasteiger charge is -2.31. The van der Waals surface area contributed by atoms with Gasteiger partial charge in [-0.3, -0.25) is 0 Å². The van der Waals surface area contributed by atoms with Crippen LogP contribution in [0.4, 0.5) is 0 Å². The average Bonchev–Trinajstić information content (AvgIpc) is 3.77. The van der Waals surface area contributed by atoms with Crippen LogP contribution in [-0.4, -0.2) is 15.0 Å². The Morgan fingerprint density at radius 3 is 1.39 bits per heavy atom. The molecule has 0 atom stereocenters. The molecule has 0 N–H and O–H groups in total. The fourth-order valence-corrected chi connectivity index (χ4v) is 9.67. The van der Waals surface area contributed by atoms with Crippen LogP contribution < -0.4 is 0 Å². The maximum atomic E-state index is 5.20. The second kappa shape index (κ2) is 12.3.